The SMILES string of the molecule is CCC(C)Oc1ccc(CO)c(C)c1. The van der Waals surface area contributed by atoms with Crippen molar-refractivity contribution in [2.75, 3.05) is 0 Å². The van der Waals surface area contributed by atoms with Crippen LogP contribution in [0.25, 0.3) is 0 Å². The van der Waals surface area contributed by atoms with Gasteiger partial charge in [-0.2, -0.15) is 0 Å². The molecule has 1 unspecified atom stereocenters. The zero-order valence-electron chi connectivity index (χ0n) is 9.08. The van der Waals surface area contributed by atoms with Crippen LogP contribution in [0.2, 0.25) is 0 Å². The van der Waals surface area contributed by atoms with Crippen molar-refractivity contribution < 1.29 is 9.84 Å². The van der Waals surface area contributed by atoms with Gasteiger partial charge in [-0.3, -0.25) is 0 Å². The molecular formula is C12H18O2. The van der Waals surface area contributed by atoms with Crippen LogP contribution in [0.15, 0.2) is 18.2 Å². The van der Waals surface area contributed by atoms with Gasteiger partial charge in [0.15, 0.2) is 0 Å². The maximum Gasteiger partial charge on any atom is 0.119 e. The first kappa shape index (κ1) is 11.1. The van der Waals surface area contributed by atoms with Crippen molar-refractivity contribution in [1.82, 2.24) is 0 Å². The molecular weight excluding hydrogens is 176 g/mol. The van der Waals surface area contributed by atoms with E-state index in [1.54, 1.807) is 0 Å². The Morgan fingerprint density at radius 3 is 2.64 bits per heavy atom. The molecule has 1 atom stereocenters. The van der Waals surface area contributed by atoms with E-state index in [1.165, 1.54) is 0 Å². The molecule has 1 N–H and O–H groups in total. The van der Waals surface area contributed by atoms with Crippen LogP contribution in [0.5, 0.6) is 5.75 Å². The lowest BCUT2D eigenvalue weighted by Gasteiger charge is -2.13. The number of rotatable bonds is 4. The molecule has 2 heteroatoms. The van der Waals surface area contributed by atoms with E-state index < -0.39 is 0 Å². The number of hydrogen-bond donors (Lipinski definition) is 1. The van der Waals surface area contributed by atoms with Gasteiger partial charge in [0.2, 0.25) is 0 Å². The van der Waals surface area contributed by atoms with Gasteiger partial charge in [0, 0.05) is 0 Å². The summed E-state index contributed by atoms with van der Waals surface area (Å²) in [7, 11) is 0. The molecule has 0 amide bonds. The zero-order valence-corrected chi connectivity index (χ0v) is 9.08. The molecule has 2 nitrogen and oxygen atoms in total. The van der Waals surface area contributed by atoms with E-state index in [9.17, 15) is 0 Å². The molecule has 0 radical (unpaired) electrons. The third-order valence-corrected chi connectivity index (χ3v) is 2.40. The summed E-state index contributed by atoms with van der Waals surface area (Å²) < 4.78 is 5.66. The van der Waals surface area contributed by atoms with Crippen molar-refractivity contribution in [3.05, 3.63) is 29.3 Å². The molecule has 1 rings (SSSR count). The van der Waals surface area contributed by atoms with Gasteiger partial charge in [0.05, 0.1) is 12.7 Å². The van der Waals surface area contributed by atoms with Gasteiger partial charge in [-0.25, -0.2) is 0 Å². The summed E-state index contributed by atoms with van der Waals surface area (Å²) in [5.74, 6) is 0.883. The highest BCUT2D eigenvalue weighted by molar-refractivity contribution is 5.34. The van der Waals surface area contributed by atoms with Crippen LogP contribution >= 0.6 is 0 Å². The maximum atomic E-state index is 9.00. The Labute approximate surface area is 85.5 Å². The summed E-state index contributed by atoms with van der Waals surface area (Å²) in [6.45, 7) is 6.22. The second-order valence-corrected chi connectivity index (χ2v) is 3.58. The van der Waals surface area contributed by atoms with Gasteiger partial charge in [-0.15, -0.1) is 0 Å². The second-order valence-electron chi connectivity index (χ2n) is 3.58. The van der Waals surface area contributed by atoms with Crippen molar-refractivity contribution in [1.29, 1.82) is 0 Å². The largest absolute Gasteiger partial charge is 0.491 e. The minimum Gasteiger partial charge on any atom is -0.491 e. The average Bonchev–Trinajstić information content (AvgIpc) is 2.18. The first-order valence-corrected chi connectivity index (χ1v) is 5.04. The van der Waals surface area contributed by atoms with Crippen LogP contribution in [0.1, 0.15) is 31.4 Å². The van der Waals surface area contributed by atoms with Gasteiger partial charge >= 0.3 is 0 Å². The molecule has 0 saturated carbocycles. The predicted octanol–water partition coefficient (Wildman–Crippen LogP) is 2.66. The fourth-order valence-electron chi connectivity index (χ4n) is 1.23. The van der Waals surface area contributed by atoms with E-state index in [0.717, 1.165) is 23.3 Å². The molecule has 1 aromatic rings. The van der Waals surface area contributed by atoms with Crippen molar-refractivity contribution in [3.63, 3.8) is 0 Å². The van der Waals surface area contributed by atoms with E-state index >= 15 is 0 Å². The van der Waals surface area contributed by atoms with Gasteiger partial charge in [0.1, 0.15) is 5.75 Å². The Bertz CT molecular complexity index is 294. The van der Waals surface area contributed by atoms with Crippen molar-refractivity contribution >= 4 is 0 Å². The molecule has 0 aliphatic heterocycles. The Morgan fingerprint density at radius 1 is 1.43 bits per heavy atom. The predicted molar refractivity (Wildman–Crippen MR) is 57.5 cm³/mol. The third-order valence-electron chi connectivity index (χ3n) is 2.40. The number of aliphatic hydroxyl groups is 1. The number of aliphatic hydroxyl groups excluding tert-OH is 1. The zero-order chi connectivity index (χ0) is 10.6. The van der Waals surface area contributed by atoms with Crippen LogP contribution < -0.4 is 4.74 Å². The average molecular weight is 194 g/mol. The maximum absolute atomic E-state index is 9.00. The smallest absolute Gasteiger partial charge is 0.119 e. The molecule has 0 heterocycles. The van der Waals surface area contributed by atoms with Crippen LogP contribution in [0.3, 0.4) is 0 Å². The molecule has 0 saturated heterocycles. The first-order chi connectivity index (χ1) is 6.67. The standard InChI is InChI=1S/C12H18O2/c1-4-10(3)14-12-6-5-11(8-13)9(2)7-12/h5-7,10,13H,4,8H2,1-3H3. The Hall–Kier alpha value is -1.02. The highest BCUT2D eigenvalue weighted by atomic mass is 16.5. The molecule has 78 valence electrons. The molecule has 0 fully saturated rings. The number of ether oxygens (including phenoxy) is 1. The van der Waals surface area contributed by atoms with Crippen LogP contribution in [-0.2, 0) is 6.61 Å². The summed E-state index contributed by atoms with van der Waals surface area (Å²) in [6.07, 6.45) is 1.25. The van der Waals surface area contributed by atoms with E-state index in [-0.39, 0.29) is 12.7 Å². The van der Waals surface area contributed by atoms with Crippen LogP contribution in [0, 0.1) is 6.92 Å². The van der Waals surface area contributed by atoms with Crippen molar-refractivity contribution in [2.24, 2.45) is 0 Å². The molecule has 0 aliphatic carbocycles. The highest BCUT2D eigenvalue weighted by Gasteiger charge is 2.03. The van der Waals surface area contributed by atoms with Crippen molar-refractivity contribution in [2.45, 2.75) is 39.9 Å². The van der Waals surface area contributed by atoms with Crippen LogP contribution in [0.4, 0.5) is 0 Å². The fraction of sp³-hybridized carbons (Fsp3) is 0.500. The quantitative estimate of drug-likeness (QED) is 0.798. The summed E-state index contributed by atoms with van der Waals surface area (Å²) >= 11 is 0. The molecule has 0 aromatic heterocycles. The van der Waals surface area contributed by atoms with E-state index in [0.29, 0.717) is 0 Å². The number of benzene rings is 1. The summed E-state index contributed by atoms with van der Waals surface area (Å²) in [5.41, 5.74) is 2.04. The fourth-order valence-corrected chi connectivity index (χ4v) is 1.23. The third kappa shape index (κ3) is 2.74. The van der Waals surface area contributed by atoms with Gasteiger partial charge < -0.3 is 9.84 Å². The van der Waals surface area contributed by atoms with E-state index in [1.807, 2.05) is 25.1 Å². The minimum atomic E-state index is 0.0927. The Kier molecular flexibility index (Phi) is 3.96. The van der Waals surface area contributed by atoms with Gasteiger partial charge in [-0.1, -0.05) is 13.0 Å². The molecule has 0 bridgehead atoms. The number of hydrogen-bond acceptors (Lipinski definition) is 2. The number of aryl methyl sites for hydroxylation is 1. The first-order valence-electron chi connectivity index (χ1n) is 5.04. The summed E-state index contributed by atoms with van der Waals surface area (Å²) in [6, 6.07) is 5.79. The lowest BCUT2D eigenvalue weighted by atomic mass is 10.1. The minimum absolute atomic E-state index is 0.0927. The Balaban J connectivity index is 2.76. The monoisotopic (exact) mass is 194 g/mol. The lowest BCUT2D eigenvalue weighted by molar-refractivity contribution is 0.217. The lowest BCUT2D eigenvalue weighted by Crippen LogP contribution is -2.09. The Morgan fingerprint density at radius 2 is 2.14 bits per heavy atom. The normalized spacial score (nSPS) is 12.6. The van der Waals surface area contributed by atoms with E-state index in [2.05, 4.69) is 13.8 Å². The second kappa shape index (κ2) is 5.01. The summed E-state index contributed by atoms with van der Waals surface area (Å²) in [4.78, 5) is 0. The molecule has 0 aliphatic rings. The van der Waals surface area contributed by atoms with E-state index in [4.69, 9.17) is 9.84 Å². The topological polar surface area (TPSA) is 29.5 Å². The molecule has 14 heavy (non-hydrogen) atoms. The van der Waals surface area contributed by atoms with Crippen LogP contribution in [-0.4, -0.2) is 11.2 Å². The van der Waals surface area contributed by atoms with Gasteiger partial charge in [0.25, 0.3) is 0 Å². The highest BCUT2D eigenvalue weighted by Crippen LogP contribution is 2.18. The molecule has 1 aromatic carbocycles. The molecule has 0 spiro atoms. The van der Waals surface area contributed by atoms with Gasteiger partial charge in [-0.05, 0) is 43.5 Å². The van der Waals surface area contributed by atoms with Crippen molar-refractivity contribution in [3.8, 4) is 5.75 Å². The summed E-state index contributed by atoms with van der Waals surface area (Å²) in [5, 5.41) is 9.00.